The zero-order valence-electron chi connectivity index (χ0n) is 10.0. The van der Waals surface area contributed by atoms with Gasteiger partial charge in [-0.25, -0.2) is 4.98 Å². The van der Waals surface area contributed by atoms with E-state index in [0.717, 1.165) is 22.5 Å². The first-order chi connectivity index (χ1) is 8.08. The Morgan fingerprint density at radius 2 is 1.82 bits per heavy atom. The number of nitrogens with zero attached hydrogens (tertiary/aromatic N) is 2. The Labute approximate surface area is 101 Å². The van der Waals surface area contributed by atoms with Crippen molar-refractivity contribution in [2.24, 2.45) is 5.73 Å². The van der Waals surface area contributed by atoms with Crippen LogP contribution in [0.1, 0.15) is 28.6 Å². The minimum Gasteiger partial charge on any atom is -0.383 e. The van der Waals surface area contributed by atoms with Crippen LogP contribution in [0.5, 0.6) is 0 Å². The summed E-state index contributed by atoms with van der Waals surface area (Å²) < 4.78 is 0. The van der Waals surface area contributed by atoms with Gasteiger partial charge in [-0.15, -0.1) is 0 Å². The van der Waals surface area contributed by atoms with Gasteiger partial charge in [0.25, 0.3) is 0 Å². The first-order valence-electron chi connectivity index (χ1n) is 5.49. The molecule has 0 amide bonds. The SMILES string of the molecule is Cc1cc(C(N)c2cccnc2N)cc(C)n1. The summed E-state index contributed by atoms with van der Waals surface area (Å²) >= 11 is 0. The zero-order valence-corrected chi connectivity index (χ0v) is 10.0. The molecule has 4 heteroatoms. The first kappa shape index (κ1) is 11.5. The molecule has 4 nitrogen and oxygen atoms in total. The number of aromatic nitrogens is 2. The molecule has 2 aromatic heterocycles. The van der Waals surface area contributed by atoms with Crippen molar-refractivity contribution in [3.63, 3.8) is 0 Å². The second kappa shape index (κ2) is 4.51. The van der Waals surface area contributed by atoms with Crippen LogP contribution in [0, 0.1) is 13.8 Å². The van der Waals surface area contributed by atoms with Gasteiger partial charge in [0, 0.05) is 23.1 Å². The fourth-order valence-corrected chi connectivity index (χ4v) is 1.92. The normalized spacial score (nSPS) is 12.4. The number of nitrogens with two attached hydrogens (primary N) is 2. The largest absolute Gasteiger partial charge is 0.383 e. The van der Waals surface area contributed by atoms with Crippen molar-refractivity contribution in [3.8, 4) is 0 Å². The Hall–Kier alpha value is -1.94. The monoisotopic (exact) mass is 228 g/mol. The summed E-state index contributed by atoms with van der Waals surface area (Å²) in [5, 5.41) is 0. The highest BCUT2D eigenvalue weighted by molar-refractivity contribution is 5.45. The third-order valence-corrected chi connectivity index (χ3v) is 2.67. The van der Waals surface area contributed by atoms with E-state index >= 15 is 0 Å². The van der Waals surface area contributed by atoms with Crippen LogP contribution in [0.4, 0.5) is 5.82 Å². The number of hydrogen-bond acceptors (Lipinski definition) is 4. The van der Waals surface area contributed by atoms with E-state index in [1.165, 1.54) is 0 Å². The molecular formula is C13H16N4. The van der Waals surface area contributed by atoms with E-state index in [0.29, 0.717) is 5.82 Å². The Morgan fingerprint density at radius 3 is 2.41 bits per heavy atom. The molecule has 0 bridgehead atoms. The minimum atomic E-state index is -0.260. The highest BCUT2D eigenvalue weighted by Gasteiger charge is 2.13. The fourth-order valence-electron chi connectivity index (χ4n) is 1.92. The maximum atomic E-state index is 6.21. The number of nitrogen functional groups attached to an aromatic ring is 1. The average Bonchev–Trinajstić information content (AvgIpc) is 2.27. The van der Waals surface area contributed by atoms with Gasteiger partial charge in [-0.1, -0.05) is 6.07 Å². The molecule has 1 atom stereocenters. The highest BCUT2D eigenvalue weighted by atomic mass is 14.8. The van der Waals surface area contributed by atoms with Crippen molar-refractivity contribution >= 4 is 5.82 Å². The molecule has 4 N–H and O–H groups in total. The molecule has 0 aliphatic carbocycles. The van der Waals surface area contributed by atoms with Gasteiger partial charge in [0.05, 0.1) is 6.04 Å². The van der Waals surface area contributed by atoms with E-state index < -0.39 is 0 Å². The molecule has 0 aromatic carbocycles. The quantitative estimate of drug-likeness (QED) is 0.820. The maximum Gasteiger partial charge on any atom is 0.128 e. The predicted molar refractivity (Wildman–Crippen MR) is 68.4 cm³/mol. The molecular weight excluding hydrogens is 212 g/mol. The average molecular weight is 228 g/mol. The van der Waals surface area contributed by atoms with Gasteiger partial charge >= 0.3 is 0 Å². The van der Waals surface area contributed by atoms with Crippen molar-refractivity contribution in [1.29, 1.82) is 0 Å². The van der Waals surface area contributed by atoms with Gasteiger partial charge in [0.1, 0.15) is 5.82 Å². The molecule has 0 saturated carbocycles. The van der Waals surface area contributed by atoms with Crippen LogP contribution < -0.4 is 11.5 Å². The Bertz CT molecular complexity index is 516. The summed E-state index contributed by atoms with van der Waals surface area (Å²) in [4.78, 5) is 8.38. The van der Waals surface area contributed by atoms with Gasteiger partial charge < -0.3 is 11.5 Å². The molecule has 88 valence electrons. The van der Waals surface area contributed by atoms with Gasteiger partial charge in [-0.2, -0.15) is 0 Å². The van der Waals surface area contributed by atoms with Crippen LogP contribution in [-0.2, 0) is 0 Å². The van der Waals surface area contributed by atoms with Crippen LogP contribution in [0.2, 0.25) is 0 Å². The van der Waals surface area contributed by atoms with Gasteiger partial charge in [0.2, 0.25) is 0 Å². The smallest absolute Gasteiger partial charge is 0.128 e. The minimum absolute atomic E-state index is 0.260. The van der Waals surface area contributed by atoms with E-state index in [-0.39, 0.29) is 6.04 Å². The summed E-state index contributed by atoms with van der Waals surface area (Å²) in [6, 6.07) is 7.43. The molecule has 2 heterocycles. The molecule has 0 saturated heterocycles. The lowest BCUT2D eigenvalue weighted by Crippen LogP contribution is -2.15. The number of aryl methyl sites for hydroxylation is 2. The van der Waals surface area contributed by atoms with Crippen LogP contribution >= 0.6 is 0 Å². The summed E-state index contributed by atoms with van der Waals surface area (Å²) in [6.45, 7) is 3.91. The summed E-state index contributed by atoms with van der Waals surface area (Å²) in [5.41, 5.74) is 15.8. The lowest BCUT2D eigenvalue weighted by Gasteiger charge is -2.15. The first-order valence-corrected chi connectivity index (χ1v) is 5.49. The molecule has 0 aliphatic heterocycles. The van der Waals surface area contributed by atoms with Crippen LogP contribution in [0.15, 0.2) is 30.5 Å². The number of anilines is 1. The number of pyridine rings is 2. The van der Waals surface area contributed by atoms with Crippen LogP contribution in [-0.4, -0.2) is 9.97 Å². The van der Waals surface area contributed by atoms with Crippen molar-refractivity contribution in [3.05, 3.63) is 53.0 Å². The van der Waals surface area contributed by atoms with Gasteiger partial charge in [-0.05, 0) is 37.6 Å². The Balaban J connectivity index is 2.43. The lowest BCUT2D eigenvalue weighted by atomic mass is 10.00. The summed E-state index contributed by atoms with van der Waals surface area (Å²) in [5.74, 6) is 0.479. The number of rotatable bonds is 2. The molecule has 0 fully saturated rings. The summed E-state index contributed by atoms with van der Waals surface area (Å²) in [7, 11) is 0. The number of hydrogen-bond donors (Lipinski definition) is 2. The molecule has 1 unspecified atom stereocenters. The Kier molecular flexibility index (Phi) is 3.06. The topological polar surface area (TPSA) is 77.8 Å². The van der Waals surface area contributed by atoms with Crippen molar-refractivity contribution in [1.82, 2.24) is 9.97 Å². The van der Waals surface area contributed by atoms with E-state index in [1.54, 1.807) is 6.20 Å². The van der Waals surface area contributed by atoms with Crippen LogP contribution in [0.3, 0.4) is 0 Å². The molecule has 17 heavy (non-hydrogen) atoms. The third-order valence-electron chi connectivity index (χ3n) is 2.67. The predicted octanol–water partition coefficient (Wildman–Crippen LogP) is 1.72. The standard InChI is InChI=1S/C13H16N4/c1-8-6-10(7-9(2)17-8)12(14)11-4-3-5-16-13(11)15/h3-7,12H,14H2,1-2H3,(H2,15,16). The summed E-state index contributed by atoms with van der Waals surface area (Å²) in [6.07, 6.45) is 1.66. The molecule has 0 radical (unpaired) electrons. The van der Waals surface area contributed by atoms with E-state index in [4.69, 9.17) is 11.5 Å². The molecule has 0 spiro atoms. The van der Waals surface area contributed by atoms with E-state index in [1.807, 2.05) is 38.1 Å². The van der Waals surface area contributed by atoms with E-state index in [2.05, 4.69) is 9.97 Å². The molecule has 2 aromatic rings. The third kappa shape index (κ3) is 2.42. The van der Waals surface area contributed by atoms with E-state index in [9.17, 15) is 0 Å². The highest BCUT2D eigenvalue weighted by Crippen LogP contribution is 2.23. The molecule has 2 rings (SSSR count). The van der Waals surface area contributed by atoms with Crippen molar-refractivity contribution < 1.29 is 0 Å². The zero-order chi connectivity index (χ0) is 12.4. The fraction of sp³-hybridized carbons (Fsp3) is 0.231. The van der Waals surface area contributed by atoms with Crippen LogP contribution in [0.25, 0.3) is 0 Å². The second-order valence-corrected chi connectivity index (χ2v) is 4.14. The Morgan fingerprint density at radius 1 is 1.18 bits per heavy atom. The lowest BCUT2D eigenvalue weighted by molar-refractivity contribution is 0.856. The molecule has 0 aliphatic rings. The second-order valence-electron chi connectivity index (χ2n) is 4.14. The maximum absolute atomic E-state index is 6.21. The van der Waals surface area contributed by atoms with Gasteiger partial charge in [-0.3, -0.25) is 4.98 Å². The van der Waals surface area contributed by atoms with Crippen molar-refractivity contribution in [2.45, 2.75) is 19.9 Å². The van der Waals surface area contributed by atoms with Gasteiger partial charge in [0.15, 0.2) is 0 Å². The van der Waals surface area contributed by atoms with Crippen molar-refractivity contribution in [2.75, 3.05) is 5.73 Å².